The summed E-state index contributed by atoms with van der Waals surface area (Å²) in [6.45, 7) is 5.93. The Morgan fingerprint density at radius 3 is 2.16 bits per heavy atom. The Labute approximate surface area is 197 Å². The smallest absolute Gasteiger partial charge is 0.272 e. The Kier molecular flexibility index (Phi) is 6.38. The first-order valence-electron chi connectivity index (χ1n) is 10.5. The average Bonchev–Trinajstić information content (AvgIpc) is 3.20. The second-order valence-corrected chi connectivity index (χ2v) is 9.44. The number of amides is 1. The van der Waals surface area contributed by atoms with Gasteiger partial charge in [-0.1, -0.05) is 54.1 Å². The number of nitrogens with one attached hydrogen (secondary N) is 1. The zero-order valence-corrected chi connectivity index (χ0v) is 20.1. The van der Waals surface area contributed by atoms with Crippen molar-refractivity contribution in [2.24, 2.45) is 0 Å². The van der Waals surface area contributed by atoms with Crippen LogP contribution in [0.1, 0.15) is 59.5 Å². The summed E-state index contributed by atoms with van der Waals surface area (Å²) in [6.07, 6.45) is 5.51. The fourth-order valence-corrected chi connectivity index (χ4v) is 5.34. The maximum atomic E-state index is 13.2. The molecule has 1 saturated carbocycles. The first-order chi connectivity index (χ1) is 14.8. The summed E-state index contributed by atoms with van der Waals surface area (Å²) in [5.41, 5.74) is 3.66. The lowest BCUT2D eigenvalue weighted by Crippen LogP contribution is -2.36. The van der Waals surface area contributed by atoms with E-state index in [0.29, 0.717) is 26.4 Å². The molecular weight excluding hydrogens is 455 g/mol. The van der Waals surface area contributed by atoms with Gasteiger partial charge < -0.3 is 9.88 Å². The number of carbonyl (C=O) groups excluding carboxylic acids is 1. The lowest BCUT2D eigenvalue weighted by atomic mass is 9.95. The molecule has 8 heteroatoms. The van der Waals surface area contributed by atoms with Crippen LogP contribution in [0.2, 0.25) is 15.1 Å². The molecule has 1 aromatic carbocycles. The Bertz CT molecular complexity index is 1100. The Morgan fingerprint density at radius 1 is 1.00 bits per heavy atom. The Balaban J connectivity index is 1.88. The molecule has 0 unspecified atom stereocenters. The highest BCUT2D eigenvalue weighted by Crippen LogP contribution is 2.35. The van der Waals surface area contributed by atoms with Gasteiger partial charge in [-0.25, -0.2) is 4.68 Å². The molecule has 0 radical (unpaired) electrons. The molecule has 5 nitrogen and oxygen atoms in total. The van der Waals surface area contributed by atoms with Crippen molar-refractivity contribution in [3.63, 3.8) is 0 Å². The first kappa shape index (κ1) is 22.3. The van der Waals surface area contributed by atoms with Crippen LogP contribution in [0.3, 0.4) is 0 Å². The van der Waals surface area contributed by atoms with E-state index in [-0.39, 0.29) is 11.9 Å². The van der Waals surface area contributed by atoms with Gasteiger partial charge >= 0.3 is 0 Å². The second kappa shape index (κ2) is 8.89. The molecule has 0 atom stereocenters. The number of hydrogen-bond donors (Lipinski definition) is 1. The zero-order valence-electron chi connectivity index (χ0n) is 17.8. The minimum absolute atomic E-state index is 0.173. The number of hydrogen-bond acceptors (Lipinski definition) is 2. The predicted octanol–water partition coefficient (Wildman–Crippen LogP) is 6.61. The highest BCUT2D eigenvalue weighted by molar-refractivity contribution is 6.40. The maximum Gasteiger partial charge on any atom is 0.272 e. The lowest BCUT2D eigenvalue weighted by Gasteiger charge is -2.22. The molecule has 1 fully saturated rings. The minimum atomic E-state index is -0.173. The molecule has 0 spiro atoms. The number of halogens is 3. The quantitative estimate of drug-likeness (QED) is 0.457. The zero-order chi connectivity index (χ0) is 22.3. The summed E-state index contributed by atoms with van der Waals surface area (Å²) < 4.78 is 3.72. The van der Waals surface area contributed by atoms with Crippen LogP contribution < -0.4 is 5.32 Å². The van der Waals surface area contributed by atoms with E-state index in [2.05, 4.69) is 9.88 Å². The molecule has 0 bridgehead atoms. The molecule has 1 amide bonds. The number of carbonyl (C=O) groups is 1. The van der Waals surface area contributed by atoms with Gasteiger partial charge in [-0.3, -0.25) is 4.79 Å². The van der Waals surface area contributed by atoms with Crippen molar-refractivity contribution >= 4 is 40.7 Å². The molecule has 164 valence electrons. The summed E-state index contributed by atoms with van der Waals surface area (Å²) in [5.74, 6) is 0.563. The molecule has 1 N–H and O–H groups in total. The number of aryl methyl sites for hydroxylation is 2. The van der Waals surface area contributed by atoms with Crippen LogP contribution in [0, 0.1) is 20.8 Å². The molecule has 2 heterocycles. The monoisotopic (exact) mass is 478 g/mol. The molecule has 2 aromatic heterocycles. The summed E-state index contributed by atoms with van der Waals surface area (Å²) in [7, 11) is 0. The molecule has 3 aromatic rings. The number of nitrogens with zero attached hydrogens (tertiary/aromatic N) is 3. The summed E-state index contributed by atoms with van der Waals surface area (Å²) in [4.78, 5) is 13.2. The van der Waals surface area contributed by atoms with Gasteiger partial charge in [0.25, 0.3) is 5.91 Å². The number of benzene rings is 1. The third-order valence-electron chi connectivity index (χ3n) is 5.92. The van der Waals surface area contributed by atoms with E-state index < -0.39 is 0 Å². The van der Waals surface area contributed by atoms with Gasteiger partial charge in [0, 0.05) is 28.0 Å². The molecule has 1 aliphatic rings. The van der Waals surface area contributed by atoms with E-state index >= 15 is 0 Å². The van der Waals surface area contributed by atoms with E-state index in [0.717, 1.165) is 48.5 Å². The van der Waals surface area contributed by atoms with Crippen molar-refractivity contribution < 1.29 is 4.79 Å². The summed E-state index contributed by atoms with van der Waals surface area (Å²) in [5, 5.41) is 9.04. The van der Waals surface area contributed by atoms with E-state index in [9.17, 15) is 4.79 Å². The van der Waals surface area contributed by atoms with Gasteiger partial charge in [-0.05, 0) is 57.9 Å². The van der Waals surface area contributed by atoms with E-state index in [1.807, 2.05) is 32.9 Å². The summed E-state index contributed by atoms with van der Waals surface area (Å²) in [6, 6.07) is 7.50. The molecule has 1 aliphatic carbocycles. The van der Waals surface area contributed by atoms with Crippen molar-refractivity contribution in [1.82, 2.24) is 19.7 Å². The van der Waals surface area contributed by atoms with Crippen LogP contribution in [0.25, 0.3) is 11.5 Å². The van der Waals surface area contributed by atoms with Crippen molar-refractivity contribution in [3.05, 3.63) is 62.0 Å². The fourth-order valence-electron chi connectivity index (χ4n) is 4.36. The Hall–Kier alpha value is -1.95. The Morgan fingerprint density at radius 2 is 1.58 bits per heavy atom. The van der Waals surface area contributed by atoms with Gasteiger partial charge in [-0.15, -0.1) is 0 Å². The maximum absolute atomic E-state index is 13.2. The lowest BCUT2D eigenvalue weighted by molar-refractivity contribution is 0.0921. The largest absolute Gasteiger partial charge is 0.348 e. The van der Waals surface area contributed by atoms with Crippen molar-refractivity contribution in [2.45, 2.75) is 58.9 Å². The van der Waals surface area contributed by atoms with Crippen LogP contribution in [0.5, 0.6) is 0 Å². The van der Waals surface area contributed by atoms with Crippen LogP contribution >= 0.6 is 34.8 Å². The van der Waals surface area contributed by atoms with Crippen LogP contribution in [-0.2, 0) is 0 Å². The molecule has 31 heavy (non-hydrogen) atoms. The SMILES string of the molecule is Cc1c(C(=O)NC2CCCCC2)nn(-c2c(Cl)cc(Cl)cc2Cl)c1-n1c(C)ccc1C. The van der Waals surface area contributed by atoms with Gasteiger partial charge in [0.2, 0.25) is 0 Å². The predicted molar refractivity (Wildman–Crippen MR) is 126 cm³/mol. The van der Waals surface area contributed by atoms with Crippen LogP contribution in [0.15, 0.2) is 24.3 Å². The highest BCUT2D eigenvalue weighted by atomic mass is 35.5. The van der Waals surface area contributed by atoms with Gasteiger partial charge in [0.05, 0.1) is 10.0 Å². The standard InChI is InChI=1S/C23H25Cl3N4O/c1-13-9-10-14(2)29(13)23-15(3)20(22(31)27-17-7-5-4-6-8-17)28-30(23)21-18(25)11-16(24)12-19(21)26/h9-12,17H,4-8H2,1-3H3,(H,27,31). The van der Waals surface area contributed by atoms with Gasteiger partial charge in [0.15, 0.2) is 5.69 Å². The summed E-state index contributed by atoms with van der Waals surface area (Å²) >= 11 is 19.2. The highest BCUT2D eigenvalue weighted by Gasteiger charge is 2.27. The second-order valence-electron chi connectivity index (χ2n) is 8.19. The first-order valence-corrected chi connectivity index (χ1v) is 11.6. The van der Waals surface area contributed by atoms with Crippen molar-refractivity contribution in [3.8, 4) is 11.5 Å². The van der Waals surface area contributed by atoms with Crippen LogP contribution in [-0.4, -0.2) is 26.3 Å². The van der Waals surface area contributed by atoms with E-state index in [1.54, 1.807) is 16.8 Å². The van der Waals surface area contributed by atoms with E-state index in [4.69, 9.17) is 39.9 Å². The molecule has 4 rings (SSSR count). The van der Waals surface area contributed by atoms with Crippen LogP contribution in [0.4, 0.5) is 0 Å². The molecular formula is C23H25Cl3N4O. The normalized spacial score (nSPS) is 14.8. The molecule has 0 saturated heterocycles. The molecule has 0 aliphatic heterocycles. The van der Waals surface area contributed by atoms with Gasteiger partial charge in [0.1, 0.15) is 11.5 Å². The number of rotatable bonds is 4. The minimum Gasteiger partial charge on any atom is -0.348 e. The van der Waals surface area contributed by atoms with Crippen molar-refractivity contribution in [1.29, 1.82) is 0 Å². The number of aromatic nitrogens is 3. The fraction of sp³-hybridized carbons (Fsp3) is 0.391. The topological polar surface area (TPSA) is 51.9 Å². The van der Waals surface area contributed by atoms with Gasteiger partial charge in [-0.2, -0.15) is 5.10 Å². The van der Waals surface area contributed by atoms with E-state index in [1.165, 1.54) is 6.42 Å². The third-order valence-corrected chi connectivity index (χ3v) is 6.72. The van der Waals surface area contributed by atoms with Crippen molar-refractivity contribution in [2.75, 3.05) is 0 Å². The third kappa shape index (κ3) is 4.23. The average molecular weight is 480 g/mol.